The molecule has 0 saturated heterocycles. The van der Waals surface area contributed by atoms with E-state index in [4.69, 9.17) is 9.47 Å². The van der Waals surface area contributed by atoms with Crippen LogP contribution in [-0.2, 0) is 6.42 Å². The summed E-state index contributed by atoms with van der Waals surface area (Å²) in [7, 11) is 3.19. The summed E-state index contributed by atoms with van der Waals surface area (Å²) < 4.78 is 12.1. The lowest BCUT2D eigenvalue weighted by molar-refractivity contribution is 0.0954. The molecule has 0 aliphatic heterocycles. The standard InChI is InChI=1S/C28H26N4O4/c1-17-4-8-20(9-5-17)32-28(34)22-16-30-23-10-7-19(15-21(23)26(22)31-32)27(33)29-13-12-18-6-11-24(35-2)25(14-18)36-3/h4-11,14-16,31H,12-13H2,1-3H3,(H,29,33). The number of methoxy groups -OCH3 is 2. The average Bonchev–Trinajstić information content (AvgIpc) is 3.25. The second kappa shape index (κ2) is 9.58. The molecule has 0 saturated carbocycles. The summed E-state index contributed by atoms with van der Waals surface area (Å²) in [6.07, 6.45) is 2.21. The number of rotatable bonds is 7. The number of nitrogens with zero attached hydrogens (tertiary/aromatic N) is 2. The number of carbonyl (C=O) groups excluding carboxylic acids is 1. The lowest BCUT2D eigenvalue weighted by Gasteiger charge is -2.10. The Morgan fingerprint density at radius 3 is 2.50 bits per heavy atom. The first-order valence-electron chi connectivity index (χ1n) is 11.6. The summed E-state index contributed by atoms with van der Waals surface area (Å²) in [5.41, 5.74) is 4.51. The normalized spacial score (nSPS) is 11.1. The molecule has 2 aromatic heterocycles. The van der Waals surface area contributed by atoms with Crippen LogP contribution in [0.3, 0.4) is 0 Å². The van der Waals surface area contributed by atoms with Crippen molar-refractivity contribution >= 4 is 27.7 Å². The number of fused-ring (bicyclic) bond motifs is 3. The van der Waals surface area contributed by atoms with E-state index in [0.29, 0.717) is 51.8 Å². The highest BCUT2D eigenvalue weighted by molar-refractivity contribution is 6.06. The molecule has 5 rings (SSSR count). The quantitative estimate of drug-likeness (QED) is 0.363. The van der Waals surface area contributed by atoms with Gasteiger partial charge in [-0.2, -0.15) is 0 Å². The monoisotopic (exact) mass is 482 g/mol. The van der Waals surface area contributed by atoms with Gasteiger partial charge in [-0.25, -0.2) is 4.68 Å². The van der Waals surface area contributed by atoms with Crippen molar-refractivity contribution < 1.29 is 14.3 Å². The van der Waals surface area contributed by atoms with Crippen molar-refractivity contribution in [2.75, 3.05) is 20.8 Å². The molecule has 8 heteroatoms. The Kier molecular flexibility index (Phi) is 6.16. The highest BCUT2D eigenvalue weighted by Gasteiger charge is 2.14. The molecular formula is C28H26N4O4. The van der Waals surface area contributed by atoms with Crippen LogP contribution in [-0.4, -0.2) is 41.4 Å². The predicted octanol–water partition coefficient (Wildman–Crippen LogP) is 4.17. The van der Waals surface area contributed by atoms with E-state index in [2.05, 4.69) is 15.4 Å². The Morgan fingerprint density at radius 2 is 1.75 bits per heavy atom. The Morgan fingerprint density at radius 1 is 0.972 bits per heavy atom. The first-order chi connectivity index (χ1) is 17.5. The van der Waals surface area contributed by atoms with Crippen LogP contribution < -0.4 is 20.3 Å². The topological polar surface area (TPSA) is 98.2 Å². The molecule has 0 spiro atoms. The van der Waals surface area contributed by atoms with Crippen LogP contribution in [0, 0.1) is 6.92 Å². The van der Waals surface area contributed by atoms with E-state index in [1.807, 2.05) is 49.4 Å². The largest absolute Gasteiger partial charge is 0.493 e. The number of amides is 1. The average molecular weight is 483 g/mol. The Labute approximate surface area is 207 Å². The summed E-state index contributed by atoms with van der Waals surface area (Å²) in [6.45, 7) is 2.45. The smallest absolute Gasteiger partial charge is 0.280 e. The molecule has 0 atom stereocenters. The molecule has 182 valence electrons. The van der Waals surface area contributed by atoms with Gasteiger partial charge >= 0.3 is 0 Å². The minimum absolute atomic E-state index is 0.187. The fourth-order valence-electron chi connectivity index (χ4n) is 4.23. The third-order valence-corrected chi connectivity index (χ3v) is 6.23. The number of nitrogens with one attached hydrogen (secondary N) is 2. The van der Waals surface area contributed by atoms with Gasteiger partial charge in [0.05, 0.1) is 36.3 Å². The molecule has 8 nitrogen and oxygen atoms in total. The fourth-order valence-corrected chi connectivity index (χ4v) is 4.23. The second-order valence-corrected chi connectivity index (χ2v) is 8.56. The van der Waals surface area contributed by atoms with E-state index in [9.17, 15) is 9.59 Å². The van der Waals surface area contributed by atoms with Gasteiger partial charge in [0.2, 0.25) is 0 Å². The van der Waals surface area contributed by atoms with Gasteiger partial charge in [0.25, 0.3) is 11.5 Å². The number of benzene rings is 3. The first-order valence-corrected chi connectivity index (χ1v) is 11.6. The van der Waals surface area contributed by atoms with Crippen LogP contribution in [0.5, 0.6) is 11.5 Å². The van der Waals surface area contributed by atoms with Crippen LogP contribution in [0.15, 0.2) is 71.7 Å². The van der Waals surface area contributed by atoms with Gasteiger partial charge in [-0.15, -0.1) is 0 Å². The van der Waals surface area contributed by atoms with Gasteiger partial charge in [-0.3, -0.25) is 19.7 Å². The van der Waals surface area contributed by atoms with Gasteiger partial charge in [0.1, 0.15) is 0 Å². The number of hydrogen-bond donors (Lipinski definition) is 2. The van der Waals surface area contributed by atoms with Crippen LogP contribution in [0.4, 0.5) is 0 Å². The molecular weight excluding hydrogens is 456 g/mol. The number of aryl methyl sites for hydroxylation is 1. The van der Waals surface area contributed by atoms with Crippen molar-refractivity contribution in [2.45, 2.75) is 13.3 Å². The Bertz CT molecular complexity index is 1630. The van der Waals surface area contributed by atoms with Crippen molar-refractivity contribution in [3.05, 3.63) is 93.9 Å². The lowest BCUT2D eigenvalue weighted by atomic mass is 10.1. The molecule has 0 aliphatic carbocycles. The van der Waals surface area contributed by atoms with Crippen LogP contribution in [0.2, 0.25) is 0 Å². The zero-order chi connectivity index (χ0) is 25.2. The van der Waals surface area contributed by atoms with E-state index >= 15 is 0 Å². The number of carbonyl (C=O) groups is 1. The molecule has 2 N–H and O–H groups in total. The Balaban J connectivity index is 1.39. The summed E-state index contributed by atoms with van der Waals surface area (Å²) in [5.74, 6) is 1.12. The molecule has 36 heavy (non-hydrogen) atoms. The van der Waals surface area contributed by atoms with E-state index in [0.717, 1.165) is 16.8 Å². The maximum Gasteiger partial charge on any atom is 0.280 e. The van der Waals surface area contributed by atoms with E-state index in [-0.39, 0.29) is 11.5 Å². The highest BCUT2D eigenvalue weighted by atomic mass is 16.5. The number of aromatic nitrogens is 3. The molecule has 3 aromatic carbocycles. The number of hydrogen-bond acceptors (Lipinski definition) is 5. The van der Waals surface area contributed by atoms with Crippen molar-refractivity contribution in [1.29, 1.82) is 0 Å². The molecule has 0 bridgehead atoms. The molecule has 0 unspecified atom stereocenters. The summed E-state index contributed by atoms with van der Waals surface area (Å²) in [6, 6.07) is 18.7. The van der Waals surface area contributed by atoms with Gasteiger partial charge in [-0.05, 0) is 61.4 Å². The zero-order valence-electron chi connectivity index (χ0n) is 20.3. The minimum Gasteiger partial charge on any atom is -0.493 e. The minimum atomic E-state index is -0.199. The van der Waals surface area contributed by atoms with Crippen LogP contribution >= 0.6 is 0 Å². The number of pyridine rings is 1. The SMILES string of the molecule is COc1ccc(CCNC(=O)c2ccc3ncc4c(=O)n(-c5ccc(C)cc5)[nH]c4c3c2)cc1OC. The van der Waals surface area contributed by atoms with Gasteiger partial charge < -0.3 is 14.8 Å². The highest BCUT2D eigenvalue weighted by Crippen LogP contribution is 2.27. The van der Waals surface area contributed by atoms with Crippen molar-refractivity contribution in [3.8, 4) is 17.2 Å². The van der Waals surface area contributed by atoms with Crippen molar-refractivity contribution in [1.82, 2.24) is 20.1 Å². The number of H-pyrrole nitrogens is 1. The van der Waals surface area contributed by atoms with E-state index in [1.165, 1.54) is 4.68 Å². The number of aromatic amines is 1. The summed E-state index contributed by atoms with van der Waals surface area (Å²) in [4.78, 5) is 30.4. The third-order valence-electron chi connectivity index (χ3n) is 6.23. The maximum atomic E-state index is 13.0. The van der Waals surface area contributed by atoms with Crippen molar-refractivity contribution in [2.24, 2.45) is 0 Å². The number of ether oxygens (including phenoxy) is 2. The Hall–Kier alpha value is -4.59. The van der Waals surface area contributed by atoms with Gasteiger partial charge in [0, 0.05) is 23.7 Å². The maximum absolute atomic E-state index is 13.0. The van der Waals surface area contributed by atoms with E-state index in [1.54, 1.807) is 38.6 Å². The fraction of sp³-hybridized carbons (Fsp3) is 0.179. The van der Waals surface area contributed by atoms with E-state index < -0.39 is 0 Å². The molecule has 0 radical (unpaired) electrons. The third kappa shape index (κ3) is 4.29. The molecule has 0 aliphatic rings. The van der Waals surface area contributed by atoms with Crippen molar-refractivity contribution in [3.63, 3.8) is 0 Å². The summed E-state index contributed by atoms with van der Waals surface area (Å²) >= 11 is 0. The van der Waals surface area contributed by atoms with Gasteiger partial charge in [-0.1, -0.05) is 23.8 Å². The predicted molar refractivity (Wildman–Crippen MR) is 140 cm³/mol. The lowest BCUT2D eigenvalue weighted by Crippen LogP contribution is -2.25. The zero-order valence-corrected chi connectivity index (χ0v) is 20.3. The van der Waals surface area contributed by atoms with Gasteiger partial charge in [0.15, 0.2) is 11.5 Å². The molecule has 0 fully saturated rings. The van der Waals surface area contributed by atoms with Crippen LogP contribution in [0.1, 0.15) is 21.5 Å². The first kappa shape index (κ1) is 23.2. The molecule has 1 amide bonds. The summed E-state index contributed by atoms with van der Waals surface area (Å²) in [5, 5.41) is 7.35. The second-order valence-electron chi connectivity index (χ2n) is 8.56. The molecule has 5 aromatic rings. The van der Waals surface area contributed by atoms with Crippen LogP contribution in [0.25, 0.3) is 27.5 Å². The molecule has 2 heterocycles.